The average molecular weight is 595 g/mol. The van der Waals surface area contributed by atoms with Crippen molar-refractivity contribution in [2.24, 2.45) is 0 Å². The summed E-state index contributed by atoms with van der Waals surface area (Å²) in [6.45, 7) is 6.20. The number of halogens is 3. The lowest BCUT2D eigenvalue weighted by molar-refractivity contribution is -0.119. The van der Waals surface area contributed by atoms with Gasteiger partial charge in [-0.25, -0.2) is 9.37 Å². The minimum Gasteiger partial charge on any atom is -0.496 e. The topological polar surface area (TPSA) is 85.7 Å². The van der Waals surface area contributed by atoms with Crippen molar-refractivity contribution >= 4 is 46.4 Å². The lowest BCUT2D eigenvalue weighted by atomic mass is 9.87. The van der Waals surface area contributed by atoms with Gasteiger partial charge < -0.3 is 19.4 Å². The van der Waals surface area contributed by atoms with Gasteiger partial charge in [-0.2, -0.15) is 0 Å². The highest BCUT2D eigenvalue weighted by atomic mass is 35.5. The number of ether oxygens (including phenoxy) is 2. The van der Waals surface area contributed by atoms with Gasteiger partial charge in [0.1, 0.15) is 23.1 Å². The van der Waals surface area contributed by atoms with E-state index < -0.39 is 23.2 Å². The van der Waals surface area contributed by atoms with Gasteiger partial charge in [-0.05, 0) is 63.2 Å². The van der Waals surface area contributed by atoms with Crippen LogP contribution >= 0.6 is 23.2 Å². The van der Waals surface area contributed by atoms with Gasteiger partial charge >= 0.3 is 0 Å². The van der Waals surface area contributed by atoms with E-state index in [0.717, 1.165) is 11.0 Å². The number of carbonyl (C=O) groups is 2. The van der Waals surface area contributed by atoms with Crippen LogP contribution in [0.4, 0.5) is 15.8 Å². The maximum Gasteiger partial charge on any atom is 0.280 e. The Morgan fingerprint density at radius 1 is 1.05 bits per heavy atom. The summed E-state index contributed by atoms with van der Waals surface area (Å²) < 4.78 is 28.6. The molecule has 0 radical (unpaired) electrons. The van der Waals surface area contributed by atoms with E-state index in [9.17, 15) is 9.59 Å². The molecule has 3 aromatic carbocycles. The predicted octanol–water partition coefficient (Wildman–Crippen LogP) is 6.84. The first kappa shape index (κ1) is 27.1. The fourth-order valence-electron chi connectivity index (χ4n) is 5.77. The fraction of sp³-hybridized carbons (Fsp3) is 0.233. The highest BCUT2D eigenvalue weighted by molar-refractivity contribution is 6.32. The summed E-state index contributed by atoms with van der Waals surface area (Å²) >= 11 is 12.5. The number of nitrogens with one attached hydrogen (secondary N) is 1. The monoisotopic (exact) mass is 594 g/mol. The number of benzene rings is 3. The van der Waals surface area contributed by atoms with E-state index in [1.54, 1.807) is 36.4 Å². The molecule has 210 valence electrons. The van der Waals surface area contributed by atoms with E-state index in [1.807, 2.05) is 25.3 Å². The predicted molar refractivity (Wildman–Crippen MR) is 155 cm³/mol. The Morgan fingerprint density at radius 3 is 2.49 bits per heavy atom. The molecule has 8 nitrogen and oxygen atoms in total. The van der Waals surface area contributed by atoms with Crippen LogP contribution in [0.25, 0.3) is 11.4 Å². The second-order valence-corrected chi connectivity index (χ2v) is 10.9. The number of carbonyl (C=O) groups excluding carboxylic acids is 2. The van der Waals surface area contributed by atoms with Gasteiger partial charge in [0.05, 0.1) is 30.7 Å². The van der Waals surface area contributed by atoms with Crippen LogP contribution < -0.4 is 19.7 Å². The third-order valence-corrected chi connectivity index (χ3v) is 7.80. The fourth-order valence-corrected chi connectivity index (χ4v) is 6.11. The van der Waals surface area contributed by atoms with Gasteiger partial charge in [0.25, 0.3) is 11.8 Å². The maximum absolute atomic E-state index is 15.5. The lowest BCUT2D eigenvalue weighted by Gasteiger charge is -2.36. The number of imidazole rings is 1. The van der Waals surface area contributed by atoms with Crippen LogP contribution in [0.3, 0.4) is 0 Å². The van der Waals surface area contributed by atoms with Gasteiger partial charge in [-0.3, -0.25) is 14.5 Å². The molecule has 1 N–H and O–H groups in total. The van der Waals surface area contributed by atoms with Crippen LogP contribution in [-0.2, 0) is 10.3 Å². The highest BCUT2D eigenvalue weighted by Gasteiger charge is 2.64. The van der Waals surface area contributed by atoms with Gasteiger partial charge in [-0.15, -0.1) is 0 Å². The van der Waals surface area contributed by atoms with Gasteiger partial charge in [0.15, 0.2) is 11.2 Å². The summed E-state index contributed by atoms with van der Waals surface area (Å²) in [6.07, 6.45) is 0. The number of hydrogen-bond acceptors (Lipinski definition) is 5. The van der Waals surface area contributed by atoms with Crippen molar-refractivity contribution in [3.8, 4) is 22.9 Å². The second kappa shape index (κ2) is 9.78. The minimum absolute atomic E-state index is 0.0157. The molecule has 0 bridgehead atoms. The molecule has 2 aliphatic rings. The molecular formula is C30H25Cl2FN4O4. The van der Waals surface area contributed by atoms with Gasteiger partial charge in [0.2, 0.25) is 0 Å². The quantitative estimate of drug-likeness (QED) is 0.264. The molecular weight excluding hydrogens is 570 g/mol. The molecule has 1 aromatic heterocycles. The number of methoxy groups -OCH3 is 1. The molecule has 2 aliphatic heterocycles. The standard InChI is InChI=1S/C30H25Cl2FN4O4/c1-5-41-18-8-9-19(24(14-18)40-4)27-35-25-26(36(27)15(2)3)30(20-10-6-16(31)12-22(20)34-29(30)39)37(28(25)38)23-13-17(32)7-11-21(23)33/h6-15H,5H2,1-4H3,(H,34,39). The van der Waals surface area contributed by atoms with Crippen LogP contribution in [0, 0.1) is 5.82 Å². The van der Waals surface area contributed by atoms with Crippen LogP contribution in [-0.4, -0.2) is 35.1 Å². The summed E-state index contributed by atoms with van der Waals surface area (Å²) in [4.78, 5) is 34.5. The van der Waals surface area contributed by atoms with Crippen molar-refractivity contribution in [3.63, 3.8) is 0 Å². The summed E-state index contributed by atoms with van der Waals surface area (Å²) in [5.41, 5.74) is -0.182. The van der Waals surface area contributed by atoms with Crippen molar-refractivity contribution in [2.75, 3.05) is 23.9 Å². The number of fused-ring (bicyclic) bond motifs is 4. The summed E-state index contributed by atoms with van der Waals surface area (Å²) in [7, 11) is 1.53. The second-order valence-electron chi connectivity index (χ2n) is 9.98. The van der Waals surface area contributed by atoms with Crippen molar-refractivity contribution in [1.82, 2.24) is 9.55 Å². The zero-order valence-corrected chi connectivity index (χ0v) is 24.1. The first-order valence-electron chi connectivity index (χ1n) is 13.0. The van der Waals surface area contributed by atoms with Gasteiger partial charge in [0, 0.05) is 33.4 Å². The summed E-state index contributed by atoms with van der Waals surface area (Å²) in [6, 6.07) is 13.8. The van der Waals surface area contributed by atoms with Crippen molar-refractivity contribution in [3.05, 3.63) is 87.4 Å². The van der Waals surface area contributed by atoms with Gasteiger partial charge in [-0.1, -0.05) is 29.3 Å². The van der Waals surface area contributed by atoms with Crippen LogP contribution in [0.15, 0.2) is 54.6 Å². The Morgan fingerprint density at radius 2 is 1.78 bits per heavy atom. The molecule has 6 rings (SSSR count). The Kier molecular flexibility index (Phi) is 6.47. The number of nitrogens with zero attached hydrogens (tertiary/aromatic N) is 3. The lowest BCUT2D eigenvalue weighted by Crippen LogP contribution is -2.51. The molecule has 1 unspecified atom stereocenters. The number of anilines is 2. The number of amides is 2. The van der Waals surface area contributed by atoms with Crippen molar-refractivity contribution in [1.29, 1.82) is 0 Å². The number of rotatable bonds is 6. The molecule has 2 amide bonds. The first-order valence-corrected chi connectivity index (χ1v) is 13.7. The molecule has 11 heteroatoms. The van der Waals surface area contributed by atoms with Crippen LogP contribution in [0.1, 0.15) is 48.6 Å². The smallest absolute Gasteiger partial charge is 0.280 e. The average Bonchev–Trinajstić information content (AvgIpc) is 3.54. The molecule has 0 aliphatic carbocycles. The van der Waals surface area contributed by atoms with E-state index >= 15 is 4.39 Å². The number of aromatic nitrogens is 2. The maximum atomic E-state index is 15.5. The molecule has 0 saturated carbocycles. The summed E-state index contributed by atoms with van der Waals surface area (Å²) in [5.74, 6) is -0.410. The molecule has 0 saturated heterocycles. The van der Waals surface area contributed by atoms with Crippen molar-refractivity contribution in [2.45, 2.75) is 32.4 Å². The number of hydrogen-bond donors (Lipinski definition) is 1. The third kappa shape index (κ3) is 3.83. The Balaban J connectivity index is 1.70. The van der Waals surface area contributed by atoms with E-state index in [0.29, 0.717) is 51.5 Å². The largest absolute Gasteiger partial charge is 0.496 e. The molecule has 4 aromatic rings. The normalized spacial score (nSPS) is 17.3. The molecule has 1 atom stereocenters. The zero-order valence-electron chi connectivity index (χ0n) is 22.6. The first-order chi connectivity index (χ1) is 19.6. The van der Waals surface area contributed by atoms with E-state index in [4.69, 9.17) is 37.7 Å². The molecule has 3 heterocycles. The Bertz CT molecular complexity index is 1750. The van der Waals surface area contributed by atoms with Crippen molar-refractivity contribution < 1.29 is 23.5 Å². The van der Waals surface area contributed by atoms with E-state index in [1.165, 1.54) is 19.2 Å². The summed E-state index contributed by atoms with van der Waals surface area (Å²) in [5, 5.41) is 3.47. The molecule has 1 spiro atoms. The Hall–Kier alpha value is -4.08. The Labute approximate surface area is 245 Å². The van der Waals surface area contributed by atoms with Crippen LogP contribution in [0.2, 0.25) is 10.0 Å². The SMILES string of the molecule is CCOc1ccc(-c2nc3c(n2C(C)C)C2(C(=O)Nc4cc(Cl)ccc42)N(c2cc(Cl)ccc2F)C3=O)c(OC)c1. The van der Waals surface area contributed by atoms with E-state index in [-0.39, 0.29) is 22.4 Å². The zero-order chi connectivity index (χ0) is 29.2. The highest BCUT2D eigenvalue weighted by Crippen LogP contribution is 2.55. The third-order valence-electron chi connectivity index (χ3n) is 7.33. The minimum atomic E-state index is -1.80. The van der Waals surface area contributed by atoms with Crippen LogP contribution in [0.5, 0.6) is 11.5 Å². The molecule has 0 fully saturated rings. The molecule has 41 heavy (non-hydrogen) atoms. The van der Waals surface area contributed by atoms with E-state index in [2.05, 4.69) is 5.32 Å².